The van der Waals surface area contributed by atoms with Crippen molar-refractivity contribution in [2.24, 2.45) is 13.0 Å². The number of nitrogens with zero attached hydrogens (tertiary/aromatic N) is 3. The fourth-order valence-electron chi connectivity index (χ4n) is 3.67. The van der Waals surface area contributed by atoms with Gasteiger partial charge in [0.15, 0.2) is 0 Å². The van der Waals surface area contributed by atoms with Crippen LogP contribution < -0.4 is 5.56 Å². The first kappa shape index (κ1) is 16.1. The Hall–Kier alpha value is -2.40. The average Bonchev–Trinajstić information content (AvgIpc) is 2.99. The Kier molecular flexibility index (Phi) is 4.17. The third-order valence-corrected chi connectivity index (χ3v) is 5.06. The third kappa shape index (κ3) is 3.00. The van der Waals surface area contributed by atoms with Gasteiger partial charge >= 0.3 is 0 Å². The lowest BCUT2D eigenvalue weighted by atomic mass is 10.00. The van der Waals surface area contributed by atoms with E-state index in [1.807, 2.05) is 31.3 Å². The molecule has 1 aromatic carbocycles. The number of aryl methyl sites for hydroxylation is 2. The number of benzene rings is 1. The molecule has 0 radical (unpaired) electrons. The molecular weight excluding hydrogens is 314 g/mol. The van der Waals surface area contributed by atoms with Crippen LogP contribution in [0.25, 0.3) is 22.4 Å². The maximum absolute atomic E-state index is 12.0. The number of imidazole rings is 1. The quantitative estimate of drug-likeness (QED) is 0.738. The molecule has 1 fully saturated rings. The molecule has 0 atom stereocenters. The summed E-state index contributed by atoms with van der Waals surface area (Å²) in [5, 5.41) is 0. The predicted molar refractivity (Wildman–Crippen MR) is 98.7 cm³/mol. The van der Waals surface area contributed by atoms with Gasteiger partial charge in [0, 0.05) is 44.1 Å². The monoisotopic (exact) mass is 337 g/mol. The summed E-state index contributed by atoms with van der Waals surface area (Å²) in [5.74, 6) is 1.53. The number of aromatic nitrogens is 3. The first-order valence-electron chi connectivity index (χ1n) is 8.84. The Morgan fingerprint density at radius 2 is 2.00 bits per heavy atom. The standard InChI is InChI=1S/C20H23N3O2/c1-14-11-16(13-22(2)20(14)24)19-21-17-5-3-4-6-18(17)23(19)12-15-7-9-25-10-8-15/h3-6,11,13,15H,7-10,12H2,1-2H3. The molecule has 3 aromatic rings. The molecule has 2 aromatic heterocycles. The van der Waals surface area contributed by atoms with Gasteiger partial charge in [-0.25, -0.2) is 4.98 Å². The van der Waals surface area contributed by atoms with E-state index in [0.29, 0.717) is 5.92 Å². The van der Waals surface area contributed by atoms with Gasteiger partial charge < -0.3 is 13.9 Å². The molecule has 0 spiro atoms. The lowest BCUT2D eigenvalue weighted by Gasteiger charge is -2.23. The molecular formula is C20H23N3O2. The van der Waals surface area contributed by atoms with Crippen LogP contribution in [-0.4, -0.2) is 27.3 Å². The van der Waals surface area contributed by atoms with Crippen LogP contribution >= 0.6 is 0 Å². The van der Waals surface area contributed by atoms with E-state index < -0.39 is 0 Å². The Bertz CT molecular complexity index is 938. The predicted octanol–water partition coefficient (Wildman–Crippen LogP) is 3.14. The fourth-order valence-corrected chi connectivity index (χ4v) is 3.67. The SMILES string of the molecule is Cc1cc(-c2nc3ccccc3n2CC2CCOCC2)cn(C)c1=O. The maximum atomic E-state index is 12.0. The Balaban J connectivity index is 1.85. The first-order valence-corrected chi connectivity index (χ1v) is 8.84. The largest absolute Gasteiger partial charge is 0.381 e. The van der Waals surface area contributed by atoms with E-state index in [-0.39, 0.29) is 5.56 Å². The van der Waals surface area contributed by atoms with Crippen molar-refractivity contribution in [3.63, 3.8) is 0 Å². The second-order valence-electron chi connectivity index (χ2n) is 6.92. The summed E-state index contributed by atoms with van der Waals surface area (Å²) < 4.78 is 9.45. The van der Waals surface area contributed by atoms with E-state index in [0.717, 1.165) is 60.6 Å². The number of rotatable bonds is 3. The first-order chi connectivity index (χ1) is 12.1. The van der Waals surface area contributed by atoms with E-state index >= 15 is 0 Å². The zero-order valence-corrected chi connectivity index (χ0v) is 14.7. The van der Waals surface area contributed by atoms with Gasteiger partial charge in [0.2, 0.25) is 0 Å². The number of para-hydroxylation sites is 2. The summed E-state index contributed by atoms with van der Waals surface area (Å²) in [6.45, 7) is 4.47. The van der Waals surface area contributed by atoms with Crippen molar-refractivity contribution < 1.29 is 4.74 Å². The lowest BCUT2D eigenvalue weighted by Crippen LogP contribution is -2.21. The molecule has 1 aliphatic heterocycles. The van der Waals surface area contributed by atoms with Gasteiger partial charge in [0.05, 0.1) is 11.0 Å². The van der Waals surface area contributed by atoms with E-state index in [2.05, 4.69) is 16.7 Å². The van der Waals surface area contributed by atoms with Gasteiger partial charge in [0.1, 0.15) is 5.82 Å². The summed E-state index contributed by atoms with van der Waals surface area (Å²) in [6, 6.07) is 10.2. The summed E-state index contributed by atoms with van der Waals surface area (Å²) in [5.41, 5.74) is 3.91. The van der Waals surface area contributed by atoms with Crippen molar-refractivity contribution in [2.75, 3.05) is 13.2 Å². The van der Waals surface area contributed by atoms with Gasteiger partial charge in [-0.3, -0.25) is 4.79 Å². The van der Waals surface area contributed by atoms with Crippen LogP contribution in [0.4, 0.5) is 0 Å². The summed E-state index contributed by atoms with van der Waals surface area (Å²) in [6.07, 6.45) is 4.05. The molecule has 0 amide bonds. The fraction of sp³-hybridized carbons (Fsp3) is 0.400. The van der Waals surface area contributed by atoms with E-state index in [9.17, 15) is 4.79 Å². The van der Waals surface area contributed by atoms with Gasteiger partial charge in [0.25, 0.3) is 5.56 Å². The second kappa shape index (κ2) is 6.48. The number of ether oxygens (including phenoxy) is 1. The minimum atomic E-state index is 0.0378. The molecule has 130 valence electrons. The molecule has 25 heavy (non-hydrogen) atoms. The van der Waals surface area contributed by atoms with Gasteiger partial charge in [-0.05, 0) is 43.9 Å². The number of hydrogen-bond acceptors (Lipinski definition) is 3. The molecule has 4 rings (SSSR count). The van der Waals surface area contributed by atoms with Crippen molar-refractivity contribution >= 4 is 11.0 Å². The second-order valence-corrected chi connectivity index (χ2v) is 6.92. The molecule has 1 saturated heterocycles. The van der Waals surface area contributed by atoms with E-state index in [1.54, 1.807) is 11.6 Å². The molecule has 5 nitrogen and oxygen atoms in total. The molecule has 0 unspecified atom stereocenters. The average molecular weight is 337 g/mol. The van der Waals surface area contributed by atoms with Crippen LogP contribution in [0.2, 0.25) is 0 Å². The molecule has 0 N–H and O–H groups in total. The number of pyridine rings is 1. The highest BCUT2D eigenvalue weighted by molar-refractivity contribution is 5.80. The van der Waals surface area contributed by atoms with Crippen LogP contribution in [0.3, 0.4) is 0 Å². The van der Waals surface area contributed by atoms with Crippen molar-refractivity contribution in [2.45, 2.75) is 26.3 Å². The van der Waals surface area contributed by atoms with Crippen LogP contribution in [0.15, 0.2) is 41.3 Å². The topological polar surface area (TPSA) is 49.0 Å². The third-order valence-electron chi connectivity index (χ3n) is 5.06. The highest BCUT2D eigenvalue weighted by atomic mass is 16.5. The summed E-state index contributed by atoms with van der Waals surface area (Å²) in [4.78, 5) is 16.9. The Morgan fingerprint density at radius 1 is 1.24 bits per heavy atom. The molecule has 3 heterocycles. The summed E-state index contributed by atoms with van der Waals surface area (Å²) in [7, 11) is 1.80. The highest BCUT2D eigenvalue weighted by Crippen LogP contribution is 2.28. The van der Waals surface area contributed by atoms with Crippen molar-refractivity contribution in [1.82, 2.24) is 14.1 Å². The van der Waals surface area contributed by atoms with Crippen LogP contribution in [0.5, 0.6) is 0 Å². The van der Waals surface area contributed by atoms with Crippen LogP contribution in [0.1, 0.15) is 18.4 Å². The van der Waals surface area contributed by atoms with Crippen molar-refractivity contribution in [3.8, 4) is 11.4 Å². The molecule has 1 aliphatic rings. The molecule has 0 saturated carbocycles. The minimum absolute atomic E-state index is 0.0378. The Morgan fingerprint density at radius 3 is 2.76 bits per heavy atom. The van der Waals surface area contributed by atoms with Crippen LogP contribution in [0, 0.1) is 12.8 Å². The lowest BCUT2D eigenvalue weighted by molar-refractivity contribution is 0.0617. The zero-order valence-electron chi connectivity index (χ0n) is 14.7. The zero-order chi connectivity index (χ0) is 17.4. The number of fused-ring (bicyclic) bond motifs is 1. The van der Waals surface area contributed by atoms with Gasteiger partial charge in [-0.2, -0.15) is 0 Å². The molecule has 0 aliphatic carbocycles. The van der Waals surface area contributed by atoms with Crippen LogP contribution in [-0.2, 0) is 18.3 Å². The maximum Gasteiger partial charge on any atom is 0.253 e. The van der Waals surface area contributed by atoms with Gasteiger partial charge in [-0.15, -0.1) is 0 Å². The number of hydrogen-bond donors (Lipinski definition) is 0. The Labute approximate surface area is 146 Å². The van der Waals surface area contributed by atoms with Crippen molar-refractivity contribution in [1.29, 1.82) is 0 Å². The highest BCUT2D eigenvalue weighted by Gasteiger charge is 2.19. The van der Waals surface area contributed by atoms with Crippen molar-refractivity contribution in [3.05, 3.63) is 52.4 Å². The van der Waals surface area contributed by atoms with E-state index in [1.165, 1.54) is 0 Å². The molecule has 5 heteroatoms. The summed E-state index contributed by atoms with van der Waals surface area (Å²) >= 11 is 0. The molecule has 0 bridgehead atoms. The van der Waals surface area contributed by atoms with Gasteiger partial charge in [-0.1, -0.05) is 12.1 Å². The minimum Gasteiger partial charge on any atom is -0.381 e. The van der Waals surface area contributed by atoms with E-state index in [4.69, 9.17) is 9.72 Å². The normalized spacial score (nSPS) is 15.8. The smallest absolute Gasteiger partial charge is 0.253 e.